The highest BCUT2D eigenvalue weighted by Crippen LogP contribution is 2.67. The molecule has 0 fully saturated rings. The molecule has 1 atom stereocenters. The Bertz CT molecular complexity index is 832. The maximum Gasteiger partial charge on any atom is 0.460 e. The van der Waals surface area contributed by atoms with Crippen molar-refractivity contribution in [3.63, 3.8) is 0 Å². The largest absolute Gasteiger partial charge is 0.460 e. The van der Waals surface area contributed by atoms with Gasteiger partial charge in [0.15, 0.2) is 0 Å². The van der Waals surface area contributed by atoms with Crippen LogP contribution >= 0.6 is 22.6 Å². The monoisotopic (exact) mass is 724 g/mol. The van der Waals surface area contributed by atoms with Crippen LogP contribution in [0.4, 0.5) is 101 Å². The molecule has 224 valence electrons. The van der Waals surface area contributed by atoms with Crippen molar-refractivity contribution in [2.45, 2.75) is 76.2 Å². The molecule has 0 saturated heterocycles. The van der Waals surface area contributed by atoms with Gasteiger partial charge in [0.2, 0.25) is 0 Å². The van der Waals surface area contributed by atoms with E-state index in [1.807, 2.05) is 0 Å². The minimum absolute atomic E-state index is 0.0521. The third-order valence-electron chi connectivity index (χ3n) is 4.43. The molecule has 0 amide bonds. The molecule has 1 unspecified atom stereocenters. The van der Waals surface area contributed by atoms with Crippen molar-refractivity contribution in [2.75, 3.05) is 0 Å². The van der Waals surface area contributed by atoms with E-state index in [0.717, 1.165) is 0 Å². The SMILES string of the molecule is CC(I)C(F)(F)C(F)(F)C(F)(F)C(F)(F)C(F)(F)C(F)(F)C(F)(F)C(F)(F)C(F)(F)C(F)(F)C(F)(F)F. The van der Waals surface area contributed by atoms with Crippen LogP contribution in [0.15, 0.2) is 0 Å². The minimum Gasteiger partial charge on any atom is -0.198 e. The molecule has 0 radical (unpaired) electrons. The molecule has 37 heavy (non-hydrogen) atoms. The normalized spacial score (nSPS) is 17.8. The Morgan fingerprint density at radius 1 is 0.324 bits per heavy atom. The van der Waals surface area contributed by atoms with E-state index in [-0.39, 0.29) is 29.5 Å². The van der Waals surface area contributed by atoms with Gasteiger partial charge in [-0.1, -0.05) is 22.6 Å². The van der Waals surface area contributed by atoms with Crippen molar-refractivity contribution in [1.82, 2.24) is 0 Å². The number of alkyl halides is 24. The maximum atomic E-state index is 13.5. The fourth-order valence-electron chi connectivity index (χ4n) is 2.02. The van der Waals surface area contributed by atoms with Crippen molar-refractivity contribution in [1.29, 1.82) is 0 Å². The van der Waals surface area contributed by atoms with E-state index in [4.69, 9.17) is 0 Å². The fourth-order valence-corrected chi connectivity index (χ4v) is 2.41. The van der Waals surface area contributed by atoms with Crippen LogP contribution in [0.2, 0.25) is 0 Å². The van der Waals surface area contributed by atoms with E-state index in [2.05, 4.69) is 0 Å². The summed E-state index contributed by atoms with van der Waals surface area (Å²) in [6.07, 6.45) is -8.07. The van der Waals surface area contributed by atoms with Crippen LogP contribution in [0.3, 0.4) is 0 Å². The first-order valence-electron chi connectivity index (χ1n) is 7.93. The smallest absolute Gasteiger partial charge is 0.198 e. The van der Waals surface area contributed by atoms with E-state index < -0.39 is 69.3 Å². The highest BCUT2D eigenvalue weighted by molar-refractivity contribution is 14.1. The zero-order valence-corrected chi connectivity index (χ0v) is 18.3. The first-order valence-corrected chi connectivity index (χ1v) is 9.18. The van der Waals surface area contributed by atoms with E-state index in [1.54, 1.807) is 0 Å². The third-order valence-corrected chi connectivity index (χ3v) is 5.21. The molecule has 0 aromatic carbocycles. The molecule has 0 aliphatic carbocycles. The van der Waals surface area contributed by atoms with E-state index in [0.29, 0.717) is 0 Å². The maximum absolute atomic E-state index is 13.5. The lowest BCUT2D eigenvalue weighted by Crippen LogP contribution is -2.77. The molecule has 24 heteroatoms. The van der Waals surface area contributed by atoms with Crippen LogP contribution in [-0.4, -0.2) is 69.3 Å². The zero-order valence-electron chi connectivity index (χ0n) is 16.1. The first kappa shape index (κ1) is 36.1. The predicted molar refractivity (Wildman–Crippen MR) is 79.0 cm³/mol. The average molecular weight is 724 g/mol. The Kier molecular flexibility index (Phi) is 8.60. The average Bonchev–Trinajstić information content (AvgIpc) is 2.65. The number of hydrogen-bond donors (Lipinski definition) is 0. The lowest BCUT2D eigenvalue weighted by molar-refractivity contribution is -0.478. The Labute approximate surface area is 200 Å². The highest BCUT2D eigenvalue weighted by Gasteiger charge is 2.98. The van der Waals surface area contributed by atoms with Crippen LogP contribution in [0.1, 0.15) is 6.92 Å². The molecule has 0 aromatic heterocycles. The zero-order chi connectivity index (χ0) is 31.1. The van der Waals surface area contributed by atoms with Crippen molar-refractivity contribution in [3.8, 4) is 0 Å². The van der Waals surface area contributed by atoms with Gasteiger partial charge in [0.1, 0.15) is 0 Å². The molecule has 0 saturated carbocycles. The second kappa shape index (κ2) is 8.81. The van der Waals surface area contributed by atoms with Gasteiger partial charge in [0.25, 0.3) is 0 Å². The second-order valence-corrected chi connectivity index (χ2v) is 8.77. The van der Waals surface area contributed by atoms with Crippen molar-refractivity contribution in [3.05, 3.63) is 0 Å². The molecule has 0 aliphatic heterocycles. The van der Waals surface area contributed by atoms with Gasteiger partial charge in [-0.3, -0.25) is 0 Å². The second-order valence-electron chi connectivity index (χ2n) is 6.91. The molecule has 0 aliphatic rings. The molecule has 0 N–H and O–H groups in total. The summed E-state index contributed by atoms with van der Waals surface area (Å²) in [5.74, 6) is -87.0. The van der Waals surface area contributed by atoms with Crippen LogP contribution < -0.4 is 0 Å². The minimum atomic E-state index is -9.36. The number of rotatable bonds is 10. The summed E-state index contributed by atoms with van der Waals surface area (Å²) in [7, 11) is 0. The Morgan fingerprint density at radius 3 is 0.649 bits per heavy atom. The van der Waals surface area contributed by atoms with Gasteiger partial charge in [-0.25, -0.2) is 0 Å². The summed E-state index contributed by atoms with van der Waals surface area (Å²) in [4.78, 5) is 0. The fraction of sp³-hybridized carbons (Fsp3) is 1.00. The van der Waals surface area contributed by atoms with Gasteiger partial charge < -0.3 is 0 Å². The highest BCUT2D eigenvalue weighted by atomic mass is 127. The Hall–Kier alpha value is -0.880. The summed E-state index contributed by atoms with van der Waals surface area (Å²) in [6.45, 7) is -0.215. The van der Waals surface area contributed by atoms with Crippen LogP contribution in [-0.2, 0) is 0 Å². The van der Waals surface area contributed by atoms with Gasteiger partial charge in [-0.05, 0) is 6.92 Å². The quantitative estimate of drug-likeness (QED) is 0.120. The molecule has 0 spiro atoms. The summed E-state index contributed by atoms with van der Waals surface area (Å²) in [5.41, 5.74) is 0. The van der Waals surface area contributed by atoms with Gasteiger partial charge in [0.05, 0.1) is 3.92 Å². The number of halogens is 24. The van der Waals surface area contributed by atoms with Crippen molar-refractivity contribution in [2.24, 2.45) is 0 Å². The first-order chi connectivity index (χ1) is 15.4. The van der Waals surface area contributed by atoms with Crippen molar-refractivity contribution >= 4 is 22.6 Å². The number of hydrogen-bond acceptors (Lipinski definition) is 0. The summed E-state index contributed by atoms with van der Waals surface area (Å²) in [6, 6.07) is 0. The van der Waals surface area contributed by atoms with Gasteiger partial charge in [0, 0.05) is 0 Å². The van der Waals surface area contributed by atoms with Gasteiger partial charge in [-0.15, -0.1) is 0 Å². The molecule has 0 aromatic rings. The molecule has 0 bridgehead atoms. The molecule has 0 heterocycles. The van der Waals surface area contributed by atoms with Crippen molar-refractivity contribution < 1.29 is 101 Å². The van der Waals surface area contributed by atoms with Gasteiger partial charge >= 0.3 is 65.4 Å². The van der Waals surface area contributed by atoms with Crippen LogP contribution in [0, 0.1) is 0 Å². The standard InChI is InChI=1S/C13H4F23I/c1-2(37)3(14,15)4(16,17)5(18,19)6(20,21)7(22,23)8(24,25)9(26,27)10(28,29)11(30,31)12(32,33)13(34,35)36/h2H,1H3. The Morgan fingerprint density at radius 2 is 0.486 bits per heavy atom. The lowest BCUT2D eigenvalue weighted by atomic mass is 9.85. The van der Waals surface area contributed by atoms with Gasteiger partial charge in [-0.2, -0.15) is 101 Å². The van der Waals surface area contributed by atoms with Crippen LogP contribution in [0.5, 0.6) is 0 Å². The molecule has 0 rings (SSSR count). The summed E-state index contributed by atoms with van der Waals surface area (Å²) in [5, 5.41) is 0. The molecule has 0 nitrogen and oxygen atoms in total. The topological polar surface area (TPSA) is 0 Å². The predicted octanol–water partition coefficient (Wildman–Crippen LogP) is 8.73. The summed E-state index contributed by atoms with van der Waals surface area (Å²) >= 11 is 0.0521. The lowest BCUT2D eigenvalue weighted by Gasteiger charge is -2.45. The molecular formula is C13H4F23I. The van der Waals surface area contributed by atoms with E-state index in [9.17, 15) is 101 Å². The Balaban J connectivity index is 7.22. The third kappa shape index (κ3) is 4.26. The molecular weight excluding hydrogens is 720 g/mol. The van der Waals surface area contributed by atoms with Crippen LogP contribution in [0.25, 0.3) is 0 Å². The van der Waals surface area contributed by atoms with E-state index in [1.165, 1.54) is 0 Å². The van der Waals surface area contributed by atoms with E-state index >= 15 is 0 Å². The summed E-state index contributed by atoms with van der Waals surface area (Å²) < 4.78 is 298.